The van der Waals surface area contributed by atoms with Gasteiger partial charge in [0.15, 0.2) is 12.6 Å². The molecule has 2 N–H and O–H groups in total. The monoisotopic (exact) mass is 511 g/mol. The number of nitrogens with one attached hydrogen (secondary N) is 2. The zero-order valence-corrected chi connectivity index (χ0v) is 18.1. The lowest BCUT2D eigenvalue weighted by atomic mass is 10.1. The zero-order chi connectivity index (χ0) is 19.7. The molecule has 0 fully saturated rings. The molecule has 0 aliphatic heterocycles. The van der Waals surface area contributed by atoms with Crippen LogP contribution < -0.4 is 15.4 Å². The van der Waals surface area contributed by atoms with Crippen LogP contribution in [0.3, 0.4) is 0 Å². The Morgan fingerprint density at radius 3 is 2.71 bits per heavy atom. The molecule has 0 radical (unpaired) electrons. The number of benzene rings is 1. The first kappa shape index (κ1) is 24.1. The highest BCUT2D eigenvalue weighted by Gasteiger charge is 2.28. The number of nitrogens with zero attached hydrogens (tertiary/aromatic N) is 3. The number of aromatic nitrogens is 2. The van der Waals surface area contributed by atoms with Crippen molar-refractivity contribution >= 4 is 29.9 Å². The summed E-state index contributed by atoms with van der Waals surface area (Å²) < 4.78 is 44.3. The fourth-order valence-corrected chi connectivity index (χ4v) is 2.39. The van der Waals surface area contributed by atoms with Crippen molar-refractivity contribution in [3.63, 3.8) is 0 Å². The lowest BCUT2D eigenvalue weighted by Gasteiger charge is -2.16. The van der Waals surface area contributed by atoms with Gasteiger partial charge in [-0.25, -0.2) is 4.98 Å². The smallest absolute Gasteiger partial charge is 0.422 e. The van der Waals surface area contributed by atoms with Crippen LogP contribution in [-0.2, 0) is 13.1 Å². The van der Waals surface area contributed by atoms with Gasteiger partial charge in [-0.15, -0.1) is 24.0 Å². The number of aryl methyl sites for hydroxylation is 2. The van der Waals surface area contributed by atoms with Crippen LogP contribution in [0.15, 0.2) is 41.9 Å². The summed E-state index contributed by atoms with van der Waals surface area (Å²) in [6.07, 6.45) is 1.89. The lowest BCUT2D eigenvalue weighted by Crippen LogP contribution is -2.37. The van der Waals surface area contributed by atoms with E-state index in [1.54, 1.807) is 38.6 Å². The van der Waals surface area contributed by atoms with Gasteiger partial charge in [0.25, 0.3) is 0 Å². The molecule has 6 nitrogen and oxygen atoms in total. The predicted octanol–water partition coefficient (Wildman–Crippen LogP) is 3.51. The van der Waals surface area contributed by atoms with E-state index in [9.17, 15) is 13.2 Å². The first-order valence-corrected chi connectivity index (χ1v) is 8.57. The molecule has 0 saturated heterocycles. The van der Waals surface area contributed by atoms with Gasteiger partial charge in [0, 0.05) is 44.6 Å². The van der Waals surface area contributed by atoms with Crippen LogP contribution in [-0.4, -0.2) is 41.9 Å². The molecule has 2 aromatic rings. The van der Waals surface area contributed by atoms with Gasteiger partial charge in [0.2, 0.25) is 0 Å². The van der Waals surface area contributed by atoms with Crippen LogP contribution in [0.25, 0.3) is 0 Å². The molecule has 10 heteroatoms. The number of ether oxygens (including phenoxy) is 1. The molecule has 0 aliphatic carbocycles. The Hall–Kier alpha value is -1.98. The van der Waals surface area contributed by atoms with Gasteiger partial charge in [0.05, 0.1) is 6.33 Å². The third kappa shape index (κ3) is 8.81. The van der Waals surface area contributed by atoms with E-state index in [-0.39, 0.29) is 29.7 Å². The van der Waals surface area contributed by atoms with Crippen molar-refractivity contribution in [2.75, 3.05) is 20.2 Å². The zero-order valence-electron chi connectivity index (χ0n) is 15.8. The molecule has 156 valence electrons. The molecule has 1 heterocycles. The van der Waals surface area contributed by atoms with E-state index in [4.69, 9.17) is 4.74 Å². The summed E-state index contributed by atoms with van der Waals surface area (Å²) in [5, 5.41) is 6.27. The number of rotatable bonds is 8. The molecule has 1 aromatic heterocycles. The van der Waals surface area contributed by atoms with Crippen LogP contribution in [0.5, 0.6) is 5.75 Å². The number of hydrogen-bond acceptors (Lipinski definition) is 3. The average Bonchev–Trinajstić information content (AvgIpc) is 3.13. The van der Waals surface area contributed by atoms with Crippen LogP contribution in [0.1, 0.15) is 17.5 Å². The van der Waals surface area contributed by atoms with Crippen molar-refractivity contribution in [2.24, 2.45) is 4.99 Å². The Labute approximate surface area is 179 Å². The van der Waals surface area contributed by atoms with Gasteiger partial charge < -0.3 is 19.9 Å². The summed E-state index contributed by atoms with van der Waals surface area (Å²) in [4.78, 5) is 8.11. The molecule has 28 heavy (non-hydrogen) atoms. The summed E-state index contributed by atoms with van der Waals surface area (Å²) in [6.45, 7) is 2.32. The maximum absolute atomic E-state index is 12.4. The number of hydrogen-bond donors (Lipinski definition) is 2. The summed E-state index contributed by atoms with van der Waals surface area (Å²) >= 11 is 0. The topological polar surface area (TPSA) is 63.5 Å². The number of halogens is 4. The van der Waals surface area contributed by atoms with Crippen LogP contribution >= 0.6 is 24.0 Å². The predicted molar refractivity (Wildman–Crippen MR) is 113 cm³/mol. The van der Waals surface area contributed by atoms with Gasteiger partial charge in [-0.3, -0.25) is 4.99 Å². The van der Waals surface area contributed by atoms with E-state index >= 15 is 0 Å². The maximum Gasteiger partial charge on any atom is 0.422 e. The summed E-state index contributed by atoms with van der Waals surface area (Å²) in [5.41, 5.74) is 1.46. The number of alkyl halides is 3. The maximum atomic E-state index is 12.4. The largest absolute Gasteiger partial charge is 0.484 e. The molecule has 0 saturated carbocycles. The highest BCUT2D eigenvalue weighted by Crippen LogP contribution is 2.23. The third-order valence-corrected chi connectivity index (χ3v) is 3.73. The van der Waals surface area contributed by atoms with Crippen molar-refractivity contribution in [3.8, 4) is 5.75 Å². The Balaban J connectivity index is 0.00000392. The first-order valence-electron chi connectivity index (χ1n) is 8.57. The quantitative estimate of drug-likeness (QED) is 0.247. The second-order valence-corrected chi connectivity index (χ2v) is 6.02. The van der Waals surface area contributed by atoms with Crippen molar-refractivity contribution < 1.29 is 17.9 Å². The summed E-state index contributed by atoms with van der Waals surface area (Å²) in [7, 11) is 1.64. The summed E-state index contributed by atoms with van der Waals surface area (Å²) in [6, 6.07) is 5.18. The highest BCUT2D eigenvalue weighted by molar-refractivity contribution is 14.0. The average molecular weight is 511 g/mol. The fraction of sp³-hybridized carbons (Fsp3) is 0.444. The molecule has 2 rings (SSSR count). The molecular formula is C18H25F3IN5O. The van der Waals surface area contributed by atoms with Crippen LogP contribution in [0.4, 0.5) is 13.2 Å². The highest BCUT2D eigenvalue weighted by atomic mass is 127. The standard InChI is InChI=1S/C18H24F3N5O.HI/c1-14-4-5-15(16(10-14)27-12-18(19,20)21)11-25-17(22-2)24-6-3-8-26-9-7-23-13-26;/h4-5,7,9-10,13H,3,6,8,11-12H2,1-2H3,(H2,22,24,25);1H. The first-order chi connectivity index (χ1) is 12.9. The van der Waals surface area contributed by atoms with E-state index in [0.29, 0.717) is 24.6 Å². The van der Waals surface area contributed by atoms with Crippen molar-refractivity contribution in [2.45, 2.75) is 32.6 Å². The van der Waals surface area contributed by atoms with Crippen molar-refractivity contribution in [3.05, 3.63) is 48.0 Å². The van der Waals surface area contributed by atoms with Crippen LogP contribution in [0, 0.1) is 6.92 Å². The molecule has 0 atom stereocenters. The number of imidazole rings is 1. The lowest BCUT2D eigenvalue weighted by molar-refractivity contribution is -0.153. The molecule has 1 aromatic carbocycles. The Morgan fingerprint density at radius 1 is 1.29 bits per heavy atom. The van der Waals surface area contributed by atoms with Gasteiger partial charge in [0.1, 0.15) is 5.75 Å². The van der Waals surface area contributed by atoms with Gasteiger partial charge >= 0.3 is 6.18 Å². The van der Waals surface area contributed by atoms with Crippen molar-refractivity contribution in [1.82, 2.24) is 20.2 Å². The second-order valence-electron chi connectivity index (χ2n) is 6.02. The Kier molecular flexibility index (Phi) is 10.1. The number of aliphatic imine (C=N–C) groups is 1. The van der Waals surface area contributed by atoms with E-state index < -0.39 is 12.8 Å². The van der Waals surface area contributed by atoms with Crippen molar-refractivity contribution in [1.29, 1.82) is 0 Å². The van der Waals surface area contributed by atoms with Crippen LogP contribution in [0.2, 0.25) is 0 Å². The second kappa shape index (κ2) is 11.8. The Morgan fingerprint density at radius 2 is 2.07 bits per heavy atom. The molecular weight excluding hydrogens is 486 g/mol. The summed E-state index contributed by atoms with van der Waals surface area (Å²) in [5.74, 6) is 0.790. The molecule has 0 bridgehead atoms. The van der Waals surface area contributed by atoms with Gasteiger partial charge in [-0.05, 0) is 25.0 Å². The Bertz CT molecular complexity index is 735. The molecule has 0 spiro atoms. The minimum absolute atomic E-state index is 0. The third-order valence-electron chi connectivity index (χ3n) is 3.73. The van der Waals surface area contributed by atoms with Gasteiger partial charge in [-0.2, -0.15) is 13.2 Å². The van der Waals surface area contributed by atoms with E-state index in [1.807, 2.05) is 16.8 Å². The minimum atomic E-state index is -4.37. The SMILES string of the molecule is CN=C(NCCCn1ccnc1)NCc1ccc(C)cc1OCC(F)(F)F.I. The number of guanidine groups is 1. The fourth-order valence-electron chi connectivity index (χ4n) is 2.39. The van der Waals surface area contributed by atoms with E-state index in [1.165, 1.54) is 0 Å². The molecule has 0 aliphatic rings. The van der Waals surface area contributed by atoms with E-state index in [0.717, 1.165) is 18.5 Å². The minimum Gasteiger partial charge on any atom is -0.484 e. The van der Waals surface area contributed by atoms with Gasteiger partial charge in [-0.1, -0.05) is 12.1 Å². The van der Waals surface area contributed by atoms with E-state index in [2.05, 4.69) is 20.6 Å². The normalized spacial score (nSPS) is 11.7. The molecule has 0 amide bonds. The molecule has 0 unspecified atom stereocenters.